The fraction of sp³-hybridized carbons (Fsp3) is 0.611. The van der Waals surface area contributed by atoms with Gasteiger partial charge in [0.05, 0.1) is 11.9 Å². The van der Waals surface area contributed by atoms with Crippen molar-refractivity contribution in [3.63, 3.8) is 0 Å². The van der Waals surface area contributed by atoms with Crippen LogP contribution in [0.1, 0.15) is 37.3 Å². The Morgan fingerprint density at radius 2 is 1.92 bits per heavy atom. The normalized spacial score (nSPS) is 11.4. The minimum Gasteiger partial charge on any atom is -0.382 e. The third-order valence-corrected chi connectivity index (χ3v) is 5.13. The van der Waals surface area contributed by atoms with Gasteiger partial charge in [0.1, 0.15) is 0 Å². The van der Waals surface area contributed by atoms with E-state index in [2.05, 4.69) is 5.32 Å². The van der Waals surface area contributed by atoms with Crippen molar-refractivity contribution in [3.05, 3.63) is 29.3 Å². The van der Waals surface area contributed by atoms with Crippen molar-refractivity contribution in [2.24, 2.45) is 0 Å². The third-order valence-electron chi connectivity index (χ3n) is 3.94. The number of sulfonamides is 1. The number of aryl methyl sites for hydroxylation is 2. The van der Waals surface area contributed by atoms with Gasteiger partial charge < -0.3 is 10.1 Å². The highest BCUT2D eigenvalue weighted by molar-refractivity contribution is 7.92. The van der Waals surface area contributed by atoms with E-state index in [1.54, 1.807) is 6.07 Å². The largest absolute Gasteiger partial charge is 0.382 e. The molecule has 0 spiro atoms. The van der Waals surface area contributed by atoms with Crippen molar-refractivity contribution in [3.8, 4) is 0 Å². The molecule has 0 atom stereocenters. The quantitative estimate of drug-likeness (QED) is 0.607. The summed E-state index contributed by atoms with van der Waals surface area (Å²) >= 11 is 0. The van der Waals surface area contributed by atoms with E-state index in [0.29, 0.717) is 38.3 Å². The maximum absolute atomic E-state index is 12.1. The first-order valence-electron chi connectivity index (χ1n) is 8.65. The third kappa shape index (κ3) is 7.88. The van der Waals surface area contributed by atoms with Gasteiger partial charge in [0.25, 0.3) is 0 Å². The molecule has 1 aromatic carbocycles. The van der Waals surface area contributed by atoms with Crippen LogP contribution in [0.15, 0.2) is 18.2 Å². The topological polar surface area (TPSA) is 75.7 Å². The average Bonchev–Trinajstić information content (AvgIpc) is 2.53. The molecular formula is C18H30N2O4S. The summed E-state index contributed by atoms with van der Waals surface area (Å²) in [7, 11) is -3.39. The summed E-state index contributed by atoms with van der Waals surface area (Å²) in [6.45, 7) is 8.04. The standard InChI is InChI=1S/C18H30N2O4S/c1-5-24-13-7-11-19-18(21)8-6-12-20(25(4,22)23)17-10-9-15(2)16(3)14-17/h9-10,14H,5-8,11-13H2,1-4H3,(H,19,21). The molecule has 0 aliphatic carbocycles. The molecule has 0 unspecified atom stereocenters. The van der Waals surface area contributed by atoms with Gasteiger partial charge in [-0.15, -0.1) is 0 Å². The maximum atomic E-state index is 12.1. The lowest BCUT2D eigenvalue weighted by atomic mass is 10.1. The number of hydrogen-bond acceptors (Lipinski definition) is 4. The van der Waals surface area contributed by atoms with Crippen LogP contribution in [-0.4, -0.2) is 46.9 Å². The molecule has 0 bridgehead atoms. The lowest BCUT2D eigenvalue weighted by Gasteiger charge is -2.23. The van der Waals surface area contributed by atoms with Crippen LogP contribution in [0.2, 0.25) is 0 Å². The highest BCUT2D eigenvalue weighted by atomic mass is 32.2. The predicted molar refractivity (Wildman–Crippen MR) is 101 cm³/mol. The monoisotopic (exact) mass is 370 g/mol. The van der Waals surface area contributed by atoms with Gasteiger partial charge in [-0.25, -0.2) is 8.42 Å². The number of anilines is 1. The van der Waals surface area contributed by atoms with Crippen LogP contribution in [-0.2, 0) is 19.6 Å². The van der Waals surface area contributed by atoms with Crippen molar-refractivity contribution in [1.82, 2.24) is 5.32 Å². The molecule has 1 aromatic rings. The molecule has 1 amide bonds. The highest BCUT2D eigenvalue weighted by Gasteiger charge is 2.18. The number of benzene rings is 1. The number of hydrogen-bond donors (Lipinski definition) is 1. The summed E-state index contributed by atoms with van der Waals surface area (Å²) in [6.07, 6.45) is 2.73. The molecule has 0 saturated heterocycles. The molecule has 1 N–H and O–H groups in total. The highest BCUT2D eigenvalue weighted by Crippen LogP contribution is 2.21. The van der Waals surface area contributed by atoms with E-state index in [4.69, 9.17) is 4.74 Å². The molecule has 25 heavy (non-hydrogen) atoms. The molecule has 0 saturated carbocycles. The molecule has 6 nitrogen and oxygen atoms in total. The maximum Gasteiger partial charge on any atom is 0.232 e. The number of carbonyl (C=O) groups excluding carboxylic acids is 1. The molecule has 7 heteroatoms. The van der Waals surface area contributed by atoms with Crippen LogP contribution in [0.5, 0.6) is 0 Å². The van der Waals surface area contributed by atoms with Gasteiger partial charge in [-0.2, -0.15) is 0 Å². The molecule has 0 aliphatic heterocycles. The summed E-state index contributed by atoms with van der Waals surface area (Å²) in [5.41, 5.74) is 2.80. The molecule has 0 heterocycles. The number of carbonyl (C=O) groups is 1. The second-order valence-corrected chi connectivity index (χ2v) is 8.01. The van der Waals surface area contributed by atoms with Crippen LogP contribution in [0.4, 0.5) is 5.69 Å². The van der Waals surface area contributed by atoms with Crippen LogP contribution in [0.3, 0.4) is 0 Å². The Balaban J connectivity index is 2.52. The number of ether oxygens (including phenoxy) is 1. The Labute approximate surface area is 151 Å². The fourth-order valence-electron chi connectivity index (χ4n) is 2.39. The fourth-order valence-corrected chi connectivity index (χ4v) is 3.34. The van der Waals surface area contributed by atoms with E-state index >= 15 is 0 Å². The van der Waals surface area contributed by atoms with Gasteiger partial charge in [0, 0.05) is 32.7 Å². The van der Waals surface area contributed by atoms with Crippen LogP contribution in [0, 0.1) is 13.8 Å². The van der Waals surface area contributed by atoms with Gasteiger partial charge in [-0.1, -0.05) is 6.07 Å². The Morgan fingerprint density at radius 1 is 1.20 bits per heavy atom. The van der Waals surface area contributed by atoms with Gasteiger partial charge in [0.2, 0.25) is 15.9 Å². The number of nitrogens with zero attached hydrogens (tertiary/aromatic N) is 1. The summed E-state index contributed by atoms with van der Waals surface area (Å²) in [4.78, 5) is 11.8. The zero-order valence-electron chi connectivity index (χ0n) is 15.7. The second-order valence-electron chi connectivity index (χ2n) is 6.11. The van der Waals surface area contributed by atoms with Gasteiger partial charge in [0.15, 0.2) is 0 Å². The van der Waals surface area contributed by atoms with E-state index in [1.165, 1.54) is 10.6 Å². The summed E-state index contributed by atoms with van der Waals surface area (Å²) in [5, 5.41) is 2.82. The van der Waals surface area contributed by atoms with E-state index < -0.39 is 10.0 Å². The lowest BCUT2D eigenvalue weighted by molar-refractivity contribution is -0.121. The second kappa shape index (κ2) is 10.4. The Hall–Kier alpha value is -1.60. The summed E-state index contributed by atoms with van der Waals surface area (Å²) < 4.78 is 30.7. The van der Waals surface area contributed by atoms with E-state index in [0.717, 1.165) is 17.5 Å². The van der Waals surface area contributed by atoms with Crippen LogP contribution >= 0.6 is 0 Å². The van der Waals surface area contributed by atoms with Crippen LogP contribution < -0.4 is 9.62 Å². The molecule has 0 aromatic heterocycles. The first-order chi connectivity index (χ1) is 11.8. The van der Waals surface area contributed by atoms with Gasteiger partial charge in [-0.3, -0.25) is 9.10 Å². The van der Waals surface area contributed by atoms with Crippen molar-refractivity contribution >= 4 is 21.6 Å². The number of amides is 1. The van der Waals surface area contributed by atoms with E-state index in [9.17, 15) is 13.2 Å². The van der Waals surface area contributed by atoms with Crippen molar-refractivity contribution in [2.45, 2.75) is 40.0 Å². The lowest BCUT2D eigenvalue weighted by Crippen LogP contribution is -2.32. The van der Waals surface area contributed by atoms with Gasteiger partial charge >= 0.3 is 0 Å². The Kier molecular flexibility index (Phi) is 8.92. The first-order valence-corrected chi connectivity index (χ1v) is 10.5. The van der Waals surface area contributed by atoms with Gasteiger partial charge in [-0.05, 0) is 56.9 Å². The number of nitrogens with one attached hydrogen (secondary N) is 1. The summed E-state index contributed by atoms with van der Waals surface area (Å²) in [5.74, 6) is -0.0648. The Morgan fingerprint density at radius 3 is 2.52 bits per heavy atom. The van der Waals surface area contributed by atoms with Crippen molar-refractivity contribution < 1.29 is 17.9 Å². The SMILES string of the molecule is CCOCCCNC(=O)CCCN(c1ccc(C)c(C)c1)S(C)(=O)=O. The smallest absolute Gasteiger partial charge is 0.232 e. The van der Waals surface area contributed by atoms with E-state index in [-0.39, 0.29) is 12.5 Å². The zero-order valence-corrected chi connectivity index (χ0v) is 16.5. The molecule has 1 rings (SSSR count). The molecule has 0 fully saturated rings. The van der Waals surface area contributed by atoms with Crippen molar-refractivity contribution in [1.29, 1.82) is 0 Å². The van der Waals surface area contributed by atoms with E-state index in [1.807, 2.05) is 32.9 Å². The molecular weight excluding hydrogens is 340 g/mol. The van der Waals surface area contributed by atoms with Crippen molar-refractivity contribution in [2.75, 3.05) is 36.9 Å². The number of rotatable bonds is 11. The van der Waals surface area contributed by atoms with Crippen LogP contribution in [0.25, 0.3) is 0 Å². The summed E-state index contributed by atoms with van der Waals surface area (Å²) in [6, 6.07) is 5.58. The minimum absolute atomic E-state index is 0.0648. The zero-order chi connectivity index (χ0) is 18.9. The molecule has 0 aliphatic rings. The molecule has 142 valence electrons. The predicted octanol–water partition coefficient (Wildman–Crippen LogP) is 2.39. The Bertz CT molecular complexity index is 659. The molecule has 0 radical (unpaired) electrons. The minimum atomic E-state index is -3.39. The first kappa shape index (κ1) is 21.4. The average molecular weight is 371 g/mol.